The number of fused-ring (bicyclic) bond motifs is 1. The third-order valence-electron chi connectivity index (χ3n) is 3.55. The SMILES string of the molecule is O=C(NC1CCCNCC1)c1ccc2c(c1)OCO2. The van der Waals surface area contributed by atoms with E-state index in [1.54, 1.807) is 18.2 Å². The molecule has 102 valence electrons. The van der Waals surface area contributed by atoms with E-state index in [9.17, 15) is 4.79 Å². The minimum absolute atomic E-state index is 0.0369. The Balaban J connectivity index is 1.66. The van der Waals surface area contributed by atoms with Gasteiger partial charge in [0.25, 0.3) is 5.91 Å². The summed E-state index contributed by atoms with van der Waals surface area (Å²) in [7, 11) is 0. The lowest BCUT2D eigenvalue weighted by atomic mass is 10.1. The molecule has 1 saturated heterocycles. The third-order valence-corrected chi connectivity index (χ3v) is 3.55. The second-order valence-corrected chi connectivity index (χ2v) is 4.92. The second kappa shape index (κ2) is 5.48. The topological polar surface area (TPSA) is 59.6 Å². The van der Waals surface area contributed by atoms with Crippen molar-refractivity contribution >= 4 is 5.91 Å². The first kappa shape index (κ1) is 12.3. The summed E-state index contributed by atoms with van der Waals surface area (Å²) in [6.45, 7) is 2.23. The van der Waals surface area contributed by atoms with E-state index < -0.39 is 0 Å². The molecule has 0 bridgehead atoms. The number of carbonyl (C=O) groups is 1. The summed E-state index contributed by atoms with van der Waals surface area (Å²) in [5, 5.41) is 6.43. The zero-order chi connectivity index (χ0) is 13.1. The van der Waals surface area contributed by atoms with Crippen molar-refractivity contribution in [1.29, 1.82) is 0 Å². The van der Waals surface area contributed by atoms with Gasteiger partial charge < -0.3 is 20.1 Å². The van der Waals surface area contributed by atoms with Crippen molar-refractivity contribution in [2.45, 2.75) is 25.3 Å². The molecule has 3 rings (SSSR count). The number of carbonyl (C=O) groups excluding carboxylic acids is 1. The van der Waals surface area contributed by atoms with Crippen molar-refractivity contribution < 1.29 is 14.3 Å². The number of rotatable bonds is 2. The number of benzene rings is 1. The van der Waals surface area contributed by atoms with Crippen LogP contribution in [0.3, 0.4) is 0 Å². The van der Waals surface area contributed by atoms with Crippen molar-refractivity contribution in [2.24, 2.45) is 0 Å². The Hall–Kier alpha value is -1.75. The summed E-state index contributed by atoms with van der Waals surface area (Å²) < 4.78 is 10.5. The van der Waals surface area contributed by atoms with Crippen LogP contribution >= 0.6 is 0 Å². The van der Waals surface area contributed by atoms with E-state index in [1.165, 1.54) is 0 Å². The van der Waals surface area contributed by atoms with Gasteiger partial charge in [-0.1, -0.05) is 0 Å². The number of hydrogen-bond acceptors (Lipinski definition) is 4. The molecule has 19 heavy (non-hydrogen) atoms. The monoisotopic (exact) mass is 262 g/mol. The highest BCUT2D eigenvalue weighted by atomic mass is 16.7. The zero-order valence-corrected chi connectivity index (χ0v) is 10.8. The van der Waals surface area contributed by atoms with Gasteiger partial charge in [-0.3, -0.25) is 4.79 Å². The maximum atomic E-state index is 12.2. The van der Waals surface area contributed by atoms with E-state index >= 15 is 0 Å². The van der Waals surface area contributed by atoms with Gasteiger partial charge in [0.2, 0.25) is 6.79 Å². The highest BCUT2D eigenvalue weighted by molar-refractivity contribution is 5.95. The van der Waals surface area contributed by atoms with Gasteiger partial charge in [-0.25, -0.2) is 0 Å². The quantitative estimate of drug-likeness (QED) is 0.843. The first-order chi connectivity index (χ1) is 9.33. The number of amides is 1. The second-order valence-electron chi connectivity index (χ2n) is 4.92. The van der Waals surface area contributed by atoms with Crippen molar-refractivity contribution in [1.82, 2.24) is 10.6 Å². The molecule has 1 unspecified atom stereocenters. The van der Waals surface area contributed by atoms with Crippen LogP contribution in [0.15, 0.2) is 18.2 Å². The molecule has 2 N–H and O–H groups in total. The van der Waals surface area contributed by atoms with E-state index in [0.717, 1.165) is 32.4 Å². The molecule has 0 saturated carbocycles. The van der Waals surface area contributed by atoms with Crippen molar-refractivity contribution in [2.75, 3.05) is 19.9 Å². The number of ether oxygens (including phenoxy) is 2. The zero-order valence-electron chi connectivity index (χ0n) is 10.8. The minimum atomic E-state index is -0.0369. The summed E-state index contributed by atoms with van der Waals surface area (Å²) in [4.78, 5) is 12.2. The molecule has 5 nitrogen and oxygen atoms in total. The van der Waals surface area contributed by atoms with Gasteiger partial charge >= 0.3 is 0 Å². The molecule has 2 aliphatic rings. The Labute approximate surface area is 112 Å². The normalized spacial score (nSPS) is 21.8. The van der Waals surface area contributed by atoms with E-state index in [0.29, 0.717) is 17.1 Å². The Morgan fingerprint density at radius 2 is 2.11 bits per heavy atom. The molecule has 1 aromatic rings. The summed E-state index contributed by atoms with van der Waals surface area (Å²) in [6.07, 6.45) is 3.12. The molecule has 1 atom stereocenters. The number of nitrogens with one attached hydrogen (secondary N) is 2. The van der Waals surface area contributed by atoms with Gasteiger partial charge in [0.1, 0.15) is 0 Å². The molecule has 2 aliphatic heterocycles. The Morgan fingerprint density at radius 3 is 3.05 bits per heavy atom. The fourth-order valence-corrected chi connectivity index (χ4v) is 2.47. The lowest BCUT2D eigenvalue weighted by Crippen LogP contribution is -2.35. The standard InChI is InChI=1S/C14H18N2O3/c17-14(16-11-2-1-6-15-7-5-11)10-3-4-12-13(8-10)19-9-18-12/h3-4,8,11,15H,1-2,5-7,9H2,(H,16,17). The molecule has 0 radical (unpaired) electrons. The number of hydrogen-bond donors (Lipinski definition) is 2. The molecule has 0 aliphatic carbocycles. The van der Waals surface area contributed by atoms with E-state index in [1.807, 2.05) is 0 Å². The van der Waals surface area contributed by atoms with Crippen molar-refractivity contribution in [3.63, 3.8) is 0 Å². The Morgan fingerprint density at radius 1 is 1.21 bits per heavy atom. The fourth-order valence-electron chi connectivity index (χ4n) is 2.47. The average Bonchev–Trinajstić information content (AvgIpc) is 2.75. The maximum Gasteiger partial charge on any atom is 0.251 e. The van der Waals surface area contributed by atoms with Crippen LogP contribution in [0.25, 0.3) is 0 Å². The summed E-state index contributed by atoms with van der Waals surface area (Å²) >= 11 is 0. The van der Waals surface area contributed by atoms with Crippen LogP contribution in [0.2, 0.25) is 0 Å². The lowest BCUT2D eigenvalue weighted by Gasteiger charge is -2.16. The van der Waals surface area contributed by atoms with Gasteiger partial charge in [0.05, 0.1) is 0 Å². The maximum absolute atomic E-state index is 12.2. The highest BCUT2D eigenvalue weighted by Crippen LogP contribution is 2.32. The third kappa shape index (κ3) is 2.81. The molecule has 1 fully saturated rings. The molecule has 1 aromatic carbocycles. The molecule has 0 aromatic heterocycles. The van der Waals surface area contributed by atoms with Gasteiger partial charge in [-0.15, -0.1) is 0 Å². The molecule has 5 heteroatoms. The average molecular weight is 262 g/mol. The highest BCUT2D eigenvalue weighted by Gasteiger charge is 2.19. The van der Waals surface area contributed by atoms with Gasteiger partial charge in [-0.2, -0.15) is 0 Å². The van der Waals surface area contributed by atoms with Crippen LogP contribution in [0.4, 0.5) is 0 Å². The van der Waals surface area contributed by atoms with Gasteiger partial charge in [0, 0.05) is 11.6 Å². The first-order valence-electron chi connectivity index (χ1n) is 6.74. The first-order valence-corrected chi connectivity index (χ1v) is 6.74. The van der Waals surface area contributed by atoms with Gasteiger partial charge in [-0.05, 0) is 50.6 Å². The van der Waals surface area contributed by atoms with Crippen LogP contribution in [-0.2, 0) is 0 Å². The Bertz CT molecular complexity index is 468. The van der Waals surface area contributed by atoms with E-state index in [4.69, 9.17) is 9.47 Å². The molecule has 0 spiro atoms. The largest absolute Gasteiger partial charge is 0.454 e. The van der Waals surface area contributed by atoms with E-state index in [-0.39, 0.29) is 18.7 Å². The van der Waals surface area contributed by atoms with Crippen molar-refractivity contribution in [3.8, 4) is 11.5 Å². The fraction of sp³-hybridized carbons (Fsp3) is 0.500. The minimum Gasteiger partial charge on any atom is -0.454 e. The Kier molecular flexibility index (Phi) is 3.55. The van der Waals surface area contributed by atoms with Crippen LogP contribution in [-0.4, -0.2) is 31.8 Å². The molecular formula is C14H18N2O3. The predicted molar refractivity (Wildman–Crippen MR) is 70.5 cm³/mol. The summed E-state index contributed by atoms with van der Waals surface area (Å²) in [5.41, 5.74) is 0.626. The molecule has 2 heterocycles. The predicted octanol–water partition coefficient (Wildman–Crippen LogP) is 1.29. The molecular weight excluding hydrogens is 244 g/mol. The van der Waals surface area contributed by atoms with E-state index in [2.05, 4.69) is 10.6 Å². The van der Waals surface area contributed by atoms with Gasteiger partial charge in [0.15, 0.2) is 11.5 Å². The molecule has 1 amide bonds. The lowest BCUT2D eigenvalue weighted by molar-refractivity contribution is 0.0933. The van der Waals surface area contributed by atoms with Crippen molar-refractivity contribution in [3.05, 3.63) is 23.8 Å². The summed E-state index contributed by atoms with van der Waals surface area (Å²) in [5.74, 6) is 1.32. The van der Waals surface area contributed by atoms with Crippen LogP contribution in [0, 0.1) is 0 Å². The van der Waals surface area contributed by atoms with Crippen LogP contribution in [0.1, 0.15) is 29.6 Å². The smallest absolute Gasteiger partial charge is 0.251 e. The van der Waals surface area contributed by atoms with Crippen LogP contribution in [0.5, 0.6) is 11.5 Å². The van der Waals surface area contributed by atoms with Crippen LogP contribution < -0.4 is 20.1 Å². The summed E-state index contributed by atoms with van der Waals surface area (Å²) in [6, 6.07) is 5.56.